The van der Waals surface area contributed by atoms with Crippen molar-refractivity contribution in [3.63, 3.8) is 0 Å². The van der Waals surface area contributed by atoms with E-state index < -0.39 is 0 Å². The number of hydrogen-bond donors (Lipinski definition) is 2. The van der Waals surface area contributed by atoms with Crippen LogP contribution in [0.15, 0.2) is 24.3 Å². The van der Waals surface area contributed by atoms with E-state index in [0.717, 1.165) is 11.0 Å². The summed E-state index contributed by atoms with van der Waals surface area (Å²) in [6.07, 6.45) is 0. The third-order valence-corrected chi connectivity index (χ3v) is 1.63. The van der Waals surface area contributed by atoms with Crippen molar-refractivity contribution in [2.45, 2.75) is 0 Å². The fraction of sp³-hybridized carbons (Fsp3) is 0. The monoisotopic (exact) mass is 341 g/mol. The van der Waals surface area contributed by atoms with Crippen molar-refractivity contribution in [1.29, 1.82) is 0 Å². The van der Waals surface area contributed by atoms with E-state index in [1.165, 1.54) is 0 Å². The Balaban J connectivity index is 0. The van der Waals surface area contributed by atoms with Gasteiger partial charge in [0.05, 0.1) is 11.0 Å². The van der Waals surface area contributed by atoms with Gasteiger partial charge in [0, 0.05) is 0 Å². The average Bonchev–Trinajstić information content (AvgIpc) is 2.27. The molecule has 1 heterocycles. The van der Waals surface area contributed by atoms with E-state index in [0.29, 0.717) is 4.77 Å². The SMILES string of the molecule is S=c1[nH]c2ccccc2[nH]1.[Cu+].[H+].[I-]. The molecule has 0 unspecified atom stereocenters. The molecule has 0 spiro atoms. The van der Waals surface area contributed by atoms with Crippen LogP contribution in [0.2, 0.25) is 0 Å². The average molecular weight is 342 g/mol. The molecule has 0 atom stereocenters. The zero-order valence-corrected chi connectivity index (χ0v) is 9.81. The van der Waals surface area contributed by atoms with Crippen molar-refractivity contribution in [3.8, 4) is 0 Å². The number of aromatic nitrogens is 2. The number of halogens is 1. The maximum Gasteiger partial charge on any atom is 1.00 e. The molecule has 2 N–H and O–H groups in total. The van der Waals surface area contributed by atoms with Crippen LogP contribution >= 0.6 is 12.2 Å². The van der Waals surface area contributed by atoms with Crippen molar-refractivity contribution in [3.05, 3.63) is 29.0 Å². The van der Waals surface area contributed by atoms with Crippen molar-refractivity contribution < 1.29 is 42.5 Å². The normalized spacial score (nSPS) is 8.67. The first-order valence-corrected chi connectivity index (χ1v) is 3.44. The van der Waals surface area contributed by atoms with Crippen LogP contribution in [0.25, 0.3) is 11.0 Å². The Labute approximate surface area is 104 Å². The maximum atomic E-state index is 4.90. The number of H-pyrrole nitrogens is 2. The van der Waals surface area contributed by atoms with E-state index >= 15 is 0 Å². The van der Waals surface area contributed by atoms with Crippen LogP contribution in [0.5, 0.6) is 0 Å². The summed E-state index contributed by atoms with van der Waals surface area (Å²) in [7, 11) is 0. The van der Waals surface area contributed by atoms with E-state index in [2.05, 4.69) is 9.97 Å². The largest absolute Gasteiger partial charge is 1.00 e. The topological polar surface area (TPSA) is 31.6 Å². The molecule has 2 nitrogen and oxygen atoms in total. The number of para-hydroxylation sites is 2. The second kappa shape index (κ2) is 5.01. The third-order valence-electron chi connectivity index (χ3n) is 1.42. The van der Waals surface area contributed by atoms with Gasteiger partial charge in [0.25, 0.3) is 0 Å². The van der Waals surface area contributed by atoms with Crippen LogP contribution in [0.1, 0.15) is 1.43 Å². The zero-order chi connectivity index (χ0) is 6.97. The summed E-state index contributed by atoms with van der Waals surface area (Å²) in [6.45, 7) is 0. The van der Waals surface area contributed by atoms with Gasteiger partial charge >= 0.3 is 18.5 Å². The van der Waals surface area contributed by atoms with Gasteiger partial charge in [-0.2, -0.15) is 0 Å². The van der Waals surface area contributed by atoms with Gasteiger partial charge in [0.1, 0.15) is 0 Å². The standard InChI is InChI=1S/C7H6N2S.Cu.HI/c10-7-8-5-3-1-2-4-6(5)9-7;;/h1-4H,(H2,8,9,10);;1H/q;+1;. The first-order chi connectivity index (χ1) is 4.86. The number of imidazole rings is 1. The van der Waals surface area contributed by atoms with Crippen molar-refractivity contribution in [1.82, 2.24) is 9.97 Å². The summed E-state index contributed by atoms with van der Waals surface area (Å²) in [5, 5.41) is 0. The molecule has 0 bridgehead atoms. The fourth-order valence-electron chi connectivity index (χ4n) is 0.977. The first kappa shape index (κ1) is 12.2. The molecule has 0 fully saturated rings. The molecular weight excluding hydrogens is 335 g/mol. The van der Waals surface area contributed by atoms with Gasteiger partial charge in [-0.1, -0.05) is 12.1 Å². The van der Waals surface area contributed by atoms with Crippen LogP contribution in [0.4, 0.5) is 0 Å². The summed E-state index contributed by atoms with van der Waals surface area (Å²) >= 11 is 4.90. The Morgan fingerprint density at radius 2 is 1.50 bits per heavy atom. The van der Waals surface area contributed by atoms with Gasteiger partial charge in [-0.3, -0.25) is 0 Å². The molecule has 0 amide bonds. The summed E-state index contributed by atoms with van der Waals surface area (Å²) in [5.74, 6) is 0. The molecule has 2 aromatic rings. The predicted octanol–water partition coefficient (Wildman–Crippen LogP) is -0.661. The molecule has 12 heavy (non-hydrogen) atoms. The van der Waals surface area contributed by atoms with Gasteiger partial charge in [0.15, 0.2) is 4.77 Å². The predicted molar refractivity (Wildman–Crippen MR) is 44.6 cm³/mol. The fourth-order valence-corrected chi connectivity index (χ4v) is 1.20. The minimum absolute atomic E-state index is 0. The third kappa shape index (κ3) is 2.32. The Morgan fingerprint density at radius 3 is 1.92 bits per heavy atom. The molecule has 0 saturated heterocycles. The van der Waals surface area contributed by atoms with E-state index in [9.17, 15) is 0 Å². The number of nitrogens with one attached hydrogen (secondary N) is 2. The Hall–Kier alpha value is 0.159. The van der Waals surface area contributed by atoms with E-state index in [-0.39, 0.29) is 42.5 Å². The van der Waals surface area contributed by atoms with Gasteiger partial charge < -0.3 is 33.9 Å². The van der Waals surface area contributed by atoms with Gasteiger partial charge in [0.2, 0.25) is 0 Å². The molecule has 0 radical (unpaired) electrons. The summed E-state index contributed by atoms with van der Waals surface area (Å²) in [4.78, 5) is 6.04. The van der Waals surface area contributed by atoms with Gasteiger partial charge in [-0.15, -0.1) is 0 Å². The Morgan fingerprint density at radius 1 is 1.08 bits per heavy atom. The van der Waals surface area contributed by atoms with Crippen LogP contribution in [0.3, 0.4) is 0 Å². The van der Waals surface area contributed by atoms with Gasteiger partial charge in [-0.25, -0.2) is 0 Å². The van der Waals surface area contributed by atoms with Gasteiger partial charge in [-0.05, 0) is 24.4 Å². The molecule has 2 rings (SSSR count). The second-order valence-corrected chi connectivity index (χ2v) is 2.53. The van der Waals surface area contributed by atoms with Crippen LogP contribution in [-0.2, 0) is 17.1 Å². The van der Waals surface area contributed by atoms with E-state index in [1.54, 1.807) is 0 Å². The molecular formula is C7H7CuIN2S+. The van der Waals surface area contributed by atoms with Crippen LogP contribution in [0, 0.1) is 4.77 Å². The first-order valence-electron chi connectivity index (χ1n) is 3.03. The van der Waals surface area contributed by atoms with Crippen molar-refractivity contribution in [2.75, 3.05) is 0 Å². The number of aromatic amines is 2. The molecule has 68 valence electrons. The maximum absolute atomic E-state index is 4.90. The molecule has 1 aromatic heterocycles. The summed E-state index contributed by atoms with van der Waals surface area (Å²) in [6, 6.07) is 7.92. The summed E-state index contributed by atoms with van der Waals surface area (Å²) in [5.41, 5.74) is 2.13. The second-order valence-electron chi connectivity index (χ2n) is 2.12. The van der Waals surface area contributed by atoms with E-state index in [4.69, 9.17) is 12.2 Å². The minimum Gasteiger partial charge on any atom is -1.00 e. The quantitative estimate of drug-likeness (QED) is 0.372. The van der Waals surface area contributed by atoms with Crippen LogP contribution < -0.4 is 24.0 Å². The zero-order valence-electron chi connectivity index (χ0n) is 6.90. The van der Waals surface area contributed by atoms with Crippen molar-refractivity contribution in [2.24, 2.45) is 0 Å². The Bertz CT molecular complexity index is 378. The molecule has 5 heteroatoms. The number of rotatable bonds is 0. The molecule has 0 aliphatic carbocycles. The number of benzene rings is 1. The molecule has 0 aliphatic rings. The molecule has 0 aliphatic heterocycles. The van der Waals surface area contributed by atoms with Crippen LogP contribution in [-0.4, -0.2) is 9.97 Å². The number of hydrogen-bond acceptors (Lipinski definition) is 1. The Kier molecular flexibility index (Phi) is 5.08. The molecule has 1 aromatic carbocycles. The minimum atomic E-state index is 0. The van der Waals surface area contributed by atoms with E-state index in [1.807, 2.05) is 24.3 Å². The summed E-state index contributed by atoms with van der Waals surface area (Å²) < 4.78 is 0.682. The number of fused-ring (bicyclic) bond motifs is 1. The molecule has 0 saturated carbocycles. The smallest absolute Gasteiger partial charge is 1.00 e. The van der Waals surface area contributed by atoms with Crippen molar-refractivity contribution >= 4 is 23.3 Å².